The second-order valence-corrected chi connectivity index (χ2v) is 6.23. The Balaban J connectivity index is 1.71. The van der Waals surface area contributed by atoms with Gasteiger partial charge in [0, 0.05) is 12.0 Å². The van der Waals surface area contributed by atoms with Crippen molar-refractivity contribution in [3.8, 4) is 6.07 Å². The topological polar surface area (TPSA) is 96.3 Å². The summed E-state index contributed by atoms with van der Waals surface area (Å²) in [6.45, 7) is 1.15. The number of ketones is 1. The molecule has 7 heteroatoms. The number of halogens is 1. The number of Topliss-reactive ketones (excluding diaryl/α,β-unsaturated/α-hetero) is 1. The fraction of sp³-hybridized carbons (Fsp3) is 0.444. The average molecular weight is 346 g/mol. The molecule has 25 heavy (non-hydrogen) atoms. The number of nitrogens with one attached hydrogen (secondary N) is 1. The van der Waals surface area contributed by atoms with Crippen molar-refractivity contribution in [3.63, 3.8) is 0 Å². The van der Waals surface area contributed by atoms with Crippen LogP contribution in [0.4, 0.5) is 4.39 Å². The lowest BCUT2D eigenvalue weighted by molar-refractivity contribution is -0.148. The van der Waals surface area contributed by atoms with Crippen molar-refractivity contribution in [2.45, 2.75) is 38.1 Å². The molecule has 6 nitrogen and oxygen atoms in total. The van der Waals surface area contributed by atoms with Crippen molar-refractivity contribution < 1.29 is 23.5 Å². The van der Waals surface area contributed by atoms with Gasteiger partial charge in [0.1, 0.15) is 11.4 Å². The standard InChI is InChI=1S/C18H19FN2O4/c1-18(11-20,13-4-5-13)21-16(23)10-25-17(24)9-8-15(22)12-2-6-14(19)7-3-12/h2-3,6-7,13H,4-5,8-10H2,1H3,(H,21,23)/t18-/m0/s1. The van der Waals surface area contributed by atoms with Crippen molar-refractivity contribution in [2.75, 3.05) is 6.61 Å². The molecule has 1 saturated carbocycles. The number of benzene rings is 1. The first-order valence-corrected chi connectivity index (χ1v) is 8.00. The molecule has 0 saturated heterocycles. The number of nitriles is 1. The number of carbonyl (C=O) groups is 3. The highest BCUT2D eigenvalue weighted by Gasteiger charge is 2.43. The molecule has 1 aliphatic rings. The number of hydrogen-bond acceptors (Lipinski definition) is 5. The van der Waals surface area contributed by atoms with E-state index >= 15 is 0 Å². The van der Waals surface area contributed by atoms with Gasteiger partial charge in [-0.05, 0) is 49.9 Å². The van der Waals surface area contributed by atoms with E-state index in [0.717, 1.165) is 12.8 Å². The van der Waals surface area contributed by atoms with E-state index in [0.29, 0.717) is 5.56 Å². The molecule has 1 aromatic carbocycles. The maximum Gasteiger partial charge on any atom is 0.306 e. The van der Waals surface area contributed by atoms with Crippen LogP contribution < -0.4 is 5.32 Å². The minimum Gasteiger partial charge on any atom is -0.456 e. The Bertz CT molecular complexity index is 707. The quantitative estimate of drug-likeness (QED) is 0.575. The SMILES string of the molecule is C[C@@](C#N)(NC(=O)COC(=O)CCC(=O)c1ccc(F)cc1)C1CC1. The Hall–Kier alpha value is -2.75. The molecule has 0 radical (unpaired) electrons. The second-order valence-electron chi connectivity index (χ2n) is 6.23. The number of rotatable bonds is 8. The van der Waals surface area contributed by atoms with Crippen molar-refractivity contribution in [2.24, 2.45) is 5.92 Å². The van der Waals surface area contributed by atoms with Gasteiger partial charge in [-0.2, -0.15) is 5.26 Å². The molecule has 1 aliphatic carbocycles. The number of ether oxygens (including phenoxy) is 1. The number of carbonyl (C=O) groups excluding carboxylic acids is 3. The van der Waals surface area contributed by atoms with Crippen molar-refractivity contribution in [3.05, 3.63) is 35.6 Å². The summed E-state index contributed by atoms with van der Waals surface area (Å²) in [6.07, 6.45) is 1.50. The van der Waals surface area contributed by atoms with E-state index in [1.807, 2.05) is 0 Å². The molecule has 1 aromatic rings. The maximum atomic E-state index is 12.8. The van der Waals surface area contributed by atoms with Crippen molar-refractivity contribution in [1.29, 1.82) is 5.26 Å². The number of nitrogens with zero attached hydrogens (tertiary/aromatic N) is 1. The molecule has 1 N–H and O–H groups in total. The van der Waals surface area contributed by atoms with Crippen LogP contribution in [0.25, 0.3) is 0 Å². The molecule has 2 rings (SSSR count). The first-order chi connectivity index (χ1) is 11.8. The molecule has 0 aliphatic heterocycles. The molecule has 0 spiro atoms. The zero-order valence-electron chi connectivity index (χ0n) is 13.9. The third-order valence-electron chi connectivity index (χ3n) is 4.11. The minimum atomic E-state index is -0.942. The molecule has 0 heterocycles. The molecular formula is C18H19FN2O4. The maximum absolute atomic E-state index is 12.8. The number of hydrogen-bond donors (Lipinski definition) is 1. The van der Waals surface area contributed by atoms with Gasteiger partial charge in [-0.25, -0.2) is 4.39 Å². The normalized spacial score (nSPS) is 15.6. The van der Waals surface area contributed by atoms with Crippen molar-refractivity contribution >= 4 is 17.7 Å². The van der Waals surface area contributed by atoms with Gasteiger partial charge in [0.25, 0.3) is 5.91 Å². The Morgan fingerprint density at radius 2 is 1.92 bits per heavy atom. The summed E-state index contributed by atoms with van der Waals surface area (Å²) in [5, 5.41) is 11.7. The zero-order valence-corrected chi connectivity index (χ0v) is 13.9. The van der Waals surface area contributed by atoms with Gasteiger partial charge in [-0.1, -0.05) is 0 Å². The fourth-order valence-corrected chi connectivity index (χ4v) is 2.42. The largest absolute Gasteiger partial charge is 0.456 e. The van der Waals surface area contributed by atoms with Crippen LogP contribution in [0.1, 0.15) is 43.0 Å². The Morgan fingerprint density at radius 3 is 2.48 bits per heavy atom. The molecule has 1 atom stereocenters. The van der Waals surface area contributed by atoms with Crippen LogP contribution >= 0.6 is 0 Å². The lowest BCUT2D eigenvalue weighted by Gasteiger charge is -2.22. The molecule has 0 unspecified atom stereocenters. The van der Waals surface area contributed by atoms with E-state index in [1.54, 1.807) is 6.92 Å². The van der Waals surface area contributed by atoms with E-state index < -0.39 is 29.8 Å². The highest BCUT2D eigenvalue weighted by atomic mass is 19.1. The minimum absolute atomic E-state index is 0.0932. The average Bonchev–Trinajstić information content (AvgIpc) is 3.44. The van der Waals surface area contributed by atoms with Crippen LogP contribution in [-0.2, 0) is 14.3 Å². The summed E-state index contributed by atoms with van der Waals surface area (Å²) in [7, 11) is 0. The van der Waals surface area contributed by atoms with Gasteiger partial charge < -0.3 is 10.1 Å². The fourth-order valence-electron chi connectivity index (χ4n) is 2.42. The predicted molar refractivity (Wildman–Crippen MR) is 85.8 cm³/mol. The molecule has 0 aromatic heterocycles. The molecule has 1 fully saturated rings. The second kappa shape index (κ2) is 7.88. The summed E-state index contributed by atoms with van der Waals surface area (Å²) in [5.41, 5.74) is -0.636. The van der Waals surface area contributed by atoms with Crippen LogP contribution in [0, 0.1) is 23.1 Å². The van der Waals surface area contributed by atoms with Gasteiger partial charge in [0.05, 0.1) is 12.5 Å². The smallest absolute Gasteiger partial charge is 0.306 e. The van der Waals surface area contributed by atoms with Crippen LogP contribution in [0.15, 0.2) is 24.3 Å². The van der Waals surface area contributed by atoms with Gasteiger partial charge in [-0.15, -0.1) is 0 Å². The molecule has 0 bridgehead atoms. The number of amides is 1. The van der Waals surface area contributed by atoms with Gasteiger partial charge in [0.15, 0.2) is 12.4 Å². The zero-order chi connectivity index (χ0) is 18.4. The number of esters is 1. The first kappa shape index (κ1) is 18.6. The van der Waals surface area contributed by atoms with E-state index in [9.17, 15) is 18.8 Å². The Labute approximate surface area is 145 Å². The highest BCUT2D eigenvalue weighted by Crippen LogP contribution is 2.39. The van der Waals surface area contributed by atoms with Crippen LogP contribution in [0.5, 0.6) is 0 Å². The third kappa shape index (κ3) is 5.38. The lowest BCUT2D eigenvalue weighted by Crippen LogP contribution is -2.48. The lowest BCUT2D eigenvalue weighted by atomic mass is 9.98. The molecule has 132 valence electrons. The summed E-state index contributed by atoms with van der Waals surface area (Å²) in [4.78, 5) is 35.3. The first-order valence-electron chi connectivity index (χ1n) is 8.00. The Morgan fingerprint density at radius 1 is 1.28 bits per heavy atom. The van der Waals surface area contributed by atoms with E-state index in [1.165, 1.54) is 24.3 Å². The summed E-state index contributed by atoms with van der Waals surface area (Å²) < 4.78 is 17.6. The van der Waals surface area contributed by atoms with Gasteiger partial charge in [-0.3, -0.25) is 14.4 Å². The van der Waals surface area contributed by atoms with E-state index in [2.05, 4.69) is 11.4 Å². The summed E-state index contributed by atoms with van der Waals surface area (Å²) in [6, 6.07) is 7.10. The Kier molecular flexibility index (Phi) is 5.86. The summed E-state index contributed by atoms with van der Waals surface area (Å²) in [5.74, 6) is -1.86. The van der Waals surface area contributed by atoms with Gasteiger partial charge in [0.2, 0.25) is 0 Å². The van der Waals surface area contributed by atoms with E-state index in [-0.39, 0.29) is 24.5 Å². The van der Waals surface area contributed by atoms with E-state index in [4.69, 9.17) is 10.00 Å². The van der Waals surface area contributed by atoms with Crippen LogP contribution in [0.3, 0.4) is 0 Å². The predicted octanol–water partition coefficient (Wildman–Crippen LogP) is 2.14. The molecular weight excluding hydrogens is 327 g/mol. The highest BCUT2D eigenvalue weighted by molar-refractivity contribution is 5.97. The third-order valence-corrected chi connectivity index (χ3v) is 4.11. The van der Waals surface area contributed by atoms with Crippen molar-refractivity contribution in [1.82, 2.24) is 5.32 Å². The van der Waals surface area contributed by atoms with Crippen LogP contribution in [0.2, 0.25) is 0 Å². The monoisotopic (exact) mass is 346 g/mol. The van der Waals surface area contributed by atoms with Gasteiger partial charge >= 0.3 is 5.97 Å². The summed E-state index contributed by atoms with van der Waals surface area (Å²) >= 11 is 0. The molecule has 1 amide bonds. The van der Waals surface area contributed by atoms with Crippen LogP contribution in [-0.4, -0.2) is 29.8 Å².